The Labute approximate surface area is 126 Å². The van der Waals surface area contributed by atoms with Gasteiger partial charge in [0.05, 0.1) is 6.04 Å². The highest BCUT2D eigenvalue weighted by Gasteiger charge is 2.05. The van der Waals surface area contributed by atoms with Crippen molar-refractivity contribution in [1.82, 2.24) is 0 Å². The molecule has 3 aromatic carbocycles. The second-order valence-electron chi connectivity index (χ2n) is 5.18. The van der Waals surface area contributed by atoms with Gasteiger partial charge >= 0.3 is 0 Å². The van der Waals surface area contributed by atoms with Crippen molar-refractivity contribution in [2.45, 2.75) is 19.4 Å². The van der Waals surface area contributed by atoms with Crippen LogP contribution in [0, 0.1) is 0 Å². The molecule has 3 rings (SSSR count). The number of benzene rings is 3. The van der Waals surface area contributed by atoms with Gasteiger partial charge < -0.3 is 0 Å². The minimum Gasteiger partial charge on any atom is -0.284 e. The molecule has 21 heavy (non-hydrogen) atoms. The number of hydrogen-bond donors (Lipinski definition) is 0. The van der Waals surface area contributed by atoms with E-state index in [9.17, 15) is 0 Å². The molecule has 0 aliphatic rings. The molecule has 0 bridgehead atoms. The molecule has 0 aliphatic heterocycles. The predicted molar refractivity (Wildman–Crippen MR) is 91.0 cm³/mol. The molecule has 3 aromatic rings. The molecular weight excluding hydrogens is 254 g/mol. The molecule has 0 spiro atoms. The molecule has 1 nitrogen and oxygen atoms in total. The summed E-state index contributed by atoms with van der Waals surface area (Å²) in [4.78, 5) is 4.81. The number of nitrogens with zero attached hydrogens (tertiary/aromatic N) is 1. The van der Waals surface area contributed by atoms with E-state index in [-0.39, 0.29) is 6.04 Å². The third kappa shape index (κ3) is 3.03. The second-order valence-corrected chi connectivity index (χ2v) is 5.18. The standard InChI is InChI=1S/C20H19N/c1-2-20(17-10-4-3-5-11-17)21-15-18-13-8-12-16-9-6-7-14-19(16)18/h3-15,20H,2H2,1H3. The first-order valence-corrected chi connectivity index (χ1v) is 7.44. The van der Waals surface area contributed by atoms with Crippen molar-refractivity contribution in [3.63, 3.8) is 0 Å². The van der Waals surface area contributed by atoms with Gasteiger partial charge in [0.25, 0.3) is 0 Å². The SMILES string of the molecule is CCC(N=Cc1cccc2ccccc12)c1ccccc1. The van der Waals surface area contributed by atoms with Gasteiger partial charge in [-0.1, -0.05) is 79.7 Å². The minimum atomic E-state index is 0.227. The van der Waals surface area contributed by atoms with Crippen LogP contribution in [0.4, 0.5) is 0 Å². The number of fused-ring (bicyclic) bond motifs is 1. The summed E-state index contributed by atoms with van der Waals surface area (Å²) in [7, 11) is 0. The highest BCUT2D eigenvalue weighted by atomic mass is 14.8. The van der Waals surface area contributed by atoms with Gasteiger partial charge in [-0.15, -0.1) is 0 Å². The average molecular weight is 273 g/mol. The van der Waals surface area contributed by atoms with Gasteiger partial charge in [0, 0.05) is 11.8 Å². The smallest absolute Gasteiger partial charge is 0.0746 e. The van der Waals surface area contributed by atoms with Crippen LogP contribution in [0.15, 0.2) is 77.8 Å². The highest BCUT2D eigenvalue weighted by Crippen LogP contribution is 2.22. The molecule has 1 heteroatoms. The fourth-order valence-electron chi connectivity index (χ4n) is 2.64. The van der Waals surface area contributed by atoms with E-state index in [2.05, 4.69) is 73.7 Å². The van der Waals surface area contributed by atoms with E-state index in [1.807, 2.05) is 12.3 Å². The Kier molecular flexibility index (Phi) is 4.11. The lowest BCUT2D eigenvalue weighted by Gasteiger charge is -2.10. The van der Waals surface area contributed by atoms with Crippen molar-refractivity contribution in [2.75, 3.05) is 0 Å². The van der Waals surface area contributed by atoms with Gasteiger partial charge in [0.15, 0.2) is 0 Å². The number of rotatable bonds is 4. The first-order chi connectivity index (χ1) is 10.4. The second kappa shape index (κ2) is 6.36. The van der Waals surface area contributed by atoms with Crippen LogP contribution in [0.2, 0.25) is 0 Å². The lowest BCUT2D eigenvalue weighted by atomic mass is 10.0. The Morgan fingerprint density at radius 3 is 2.38 bits per heavy atom. The Morgan fingerprint density at radius 1 is 0.857 bits per heavy atom. The monoisotopic (exact) mass is 273 g/mol. The molecule has 0 saturated heterocycles. The van der Waals surface area contributed by atoms with E-state index in [4.69, 9.17) is 4.99 Å². The summed E-state index contributed by atoms with van der Waals surface area (Å²) in [5, 5.41) is 2.51. The molecule has 0 radical (unpaired) electrons. The molecule has 0 heterocycles. The maximum atomic E-state index is 4.81. The average Bonchev–Trinajstić information content (AvgIpc) is 2.56. The van der Waals surface area contributed by atoms with Crippen molar-refractivity contribution in [1.29, 1.82) is 0 Å². The summed E-state index contributed by atoms with van der Waals surface area (Å²) in [5.74, 6) is 0. The first-order valence-electron chi connectivity index (χ1n) is 7.44. The van der Waals surface area contributed by atoms with Crippen LogP contribution in [-0.4, -0.2) is 6.21 Å². The quantitative estimate of drug-likeness (QED) is 0.564. The molecule has 0 aromatic heterocycles. The van der Waals surface area contributed by atoms with E-state index in [1.165, 1.54) is 21.9 Å². The van der Waals surface area contributed by atoms with E-state index in [1.54, 1.807) is 0 Å². The fraction of sp³-hybridized carbons (Fsp3) is 0.150. The summed E-state index contributed by atoms with van der Waals surface area (Å²) in [5.41, 5.74) is 2.46. The fourth-order valence-corrected chi connectivity index (χ4v) is 2.64. The molecule has 0 N–H and O–H groups in total. The van der Waals surface area contributed by atoms with Crippen LogP contribution in [-0.2, 0) is 0 Å². The van der Waals surface area contributed by atoms with Crippen molar-refractivity contribution in [3.05, 3.63) is 83.9 Å². The van der Waals surface area contributed by atoms with Crippen LogP contribution in [0.25, 0.3) is 10.8 Å². The summed E-state index contributed by atoms with van der Waals surface area (Å²) >= 11 is 0. The Morgan fingerprint density at radius 2 is 1.57 bits per heavy atom. The van der Waals surface area contributed by atoms with E-state index in [0.717, 1.165) is 6.42 Å². The topological polar surface area (TPSA) is 12.4 Å². The number of hydrogen-bond acceptors (Lipinski definition) is 1. The maximum absolute atomic E-state index is 4.81. The van der Waals surface area contributed by atoms with E-state index < -0.39 is 0 Å². The molecule has 0 aliphatic carbocycles. The van der Waals surface area contributed by atoms with Crippen molar-refractivity contribution in [3.8, 4) is 0 Å². The van der Waals surface area contributed by atoms with Gasteiger partial charge in [-0.2, -0.15) is 0 Å². The van der Waals surface area contributed by atoms with Crippen molar-refractivity contribution >= 4 is 17.0 Å². The molecule has 1 atom stereocenters. The van der Waals surface area contributed by atoms with Crippen LogP contribution in [0.1, 0.15) is 30.5 Å². The zero-order valence-electron chi connectivity index (χ0n) is 12.2. The van der Waals surface area contributed by atoms with Gasteiger partial charge in [0.2, 0.25) is 0 Å². The normalized spacial score (nSPS) is 12.8. The predicted octanol–water partition coefficient (Wildman–Crippen LogP) is 5.41. The zero-order chi connectivity index (χ0) is 14.5. The Balaban J connectivity index is 1.94. The van der Waals surface area contributed by atoms with Crippen LogP contribution in [0.5, 0.6) is 0 Å². The first kappa shape index (κ1) is 13.6. The third-order valence-corrected chi connectivity index (χ3v) is 3.79. The largest absolute Gasteiger partial charge is 0.284 e. The Hall–Kier alpha value is -2.41. The van der Waals surface area contributed by atoms with Crippen LogP contribution < -0.4 is 0 Å². The zero-order valence-corrected chi connectivity index (χ0v) is 12.2. The third-order valence-electron chi connectivity index (χ3n) is 3.79. The summed E-state index contributed by atoms with van der Waals surface area (Å²) in [6.07, 6.45) is 3.02. The minimum absolute atomic E-state index is 0.227. The molecule has 0 saturated carbocycles. The van der Waals surface area contributed by atoms with Gasteiger partial charge in [0.1, 0.15) is 0 Å². The van der Waals surface area contributed by atoms with Gasteiger partial charge in [-0.05, 0) is 22.8 Å². The molecule has 0 fully saturated rings. The van der Waals surface area contributed by atoms with Crippen LogP contribution >= 0.6 is 0 Å². The van der Waals surface area contributed by atoms with Gasteiger partial charge in [-0.25, -0.2) is 0 Å². The molecule has 104 valence electrons. The molecular formula is C20H19N. The summed E-state index contributed by atoms with van der Waals surface area (Å²) < 4.78 is 0. The Bertz CT molecular complexity index is 739. The molecule has 1 unspecified atom stereocenters. The van der Waals surface area contributed by atoms with Crippen molar-refractivity contribution < 1.29 is 0 Å². The lowest BCUT2D eigenvalue weighted by molar-refractivity contribution is 0.705. The highest BCUT2D eigenvalue weighted by molar-refractivity contribution is 5.99. The summed E-state index contributed by atoms with van der Waals surface area (Å²) in [6, 6.07) is 25.5. The van der Waals surface area contributed by atoms with Crippen LogP contribution in [0.3, 0.4) is 0 Å². The number of aliphatic imine (C=N–C) groups is 1. The van der Waals surface area contributed by atoms with E-state index >= 15 is 0 Å². The maximum Gasteiger partial charge on any atom is 0.0746 e. The lowest BCUT2D eigenvalue weighted by Crippen LogP contribution is -1.95. The summed E-state index contributed by atoms with van der Waals surface area (Å²) in [6.45, 7) is 2.18. The van der Waals surface area contributed by atoms with Crippen molar-refractivity contribution in [2.24, 2.45) is 4.99 Å². The van der Waals surface area contributed by atoms with Gasteiger partial charge in [-0.3, -0.25) is 4.99 Å². The van der Waals surface area contributed by atoms with E-state index in [0.29, 0.717) is 0 Å². The molecule has 0 amide bonds.